The molecule has 1 aliphatic heterocycles. The van der Waals surface area contributed by atoms with Crippen LogP contribution in [0, 0.1) is 11.8 Å². The Kier molecular flexibility index (Phi) is 6.21. The first kappa shape index (κ1) is 20.0. The predicted octanol–water partition coefficient (Wildman–Crippen LogP) is 3.71. The van der Waals surface area contributed by atoms with Crippen LogP contribution in [0.25, 0.3) is 11.0 Å². The van der Waals surface area contributed by atoms with Gasteiger partial charge in [-0.2, -0.15) is 0 Å². The topological polar surface area (TPSA) is 80.9 Å². The number of aliphatic hydroxyl groups excluding tert-OH is 1. The van der Waals surface area contributed by atoms with Gasteiger partial charge in [-0.25, -0.2) is 0 Å². The Labute approximate surface area is 170 Å². The first-order valence-electron chi connectivity index (χ1n) is 10.6. The molecule has 1 aromatic carbocycles. The number of hydrogen-bond donors (Lipinski definition) is 2. The van der Waals surface area contributed by atoms with Crippen molar-refractivity contribution in [1.29, 1.82) is 0 Å². The molecular weight excluding hydrogens is 370 g/mol. The Morgan fingerprint density at radius 2 is 2.14 bits per heavy atom. The molecule has 1 aromatic heterocycles. The highest BCUT2D eigenvalue weighted by Gasteiger charge is 2.39. The number of hydrogen-bond acceptors (Lipinski definition) is 5. The molecule has 1 saturated carbocycles. The molecule has 2 aromatic rings. The van der Waals surface area contributed by atoms with Crippen molar-refractivity contribution >= 4 is 16.9 Å². The van der Waals surface area contributed by atoms with E-state index in [1.165, 1.54) is 12.8 Å². The molecule has 2 heterocycles. The molecule has 0 spiro atoms. The van der Waals surface area contributed by atoms with Crippen LogP contribution in [0.3, 0.4) is 0 Å². The quantitative estimate of drug-likeness (QED) is 0.672. The lowest BCUT2D eigenvalue weighted by atomic mass is 9.80. The van der Waals surface area contributed by atoms with E-state index in [0.29, 0.717) is 31.2 Å². The van der Waals surface area contributed by atoms with Crippen molar-refractivity contribution < 1.29 is 23.8 Å². The highest BCUT2D eigenvalue weighted by atomic mass is 16.7. The number of para-hydroxylation sites is 1. The summed E-state index contributed by atoms with van der Waals surface area (Å²) in [7, 11) is 0. The summed E-state index contributed by atoms with van der Waals surface area (Å²) in [4.78, 5) is 12.8. The van der Waals surface area contributed by atoms with E-state index < -0.39 is 6.29 Å². The molecular formula is C23H29NO5. The zero-order chi connectivity index (χ0) is 20.2. The molecule has 2 N–H and O–H groups in total. The smallest absolute Gasteiger partial charge is 0.286 e. The zero-order valence-corrected chi connectivity index (χ0v) is 16.8. The summed E-state index contributed by atoms with van der Waals surface area (Å²) in [6.45, 7) is 3.19. The number of carbonyl (C=O) groups excluding carboxylic acids is 1. The van der Waals surface area contributed by atoms with E-state index in [1.807, 2.05) is 37.3 Å². The molecule has 1 fully saturated rings. The molecule has 29 heavy (non-hydrogen) atoms. The number of carbonyl (C=O) groups is 1. The second-order valence-corrected chi connectivity index (χ2v) is 7.87. The fraction of sp³-hybridized carbons (Fsp3) is 0.522. The van der Waals surface area contributed by atoms with E-state index in [0.717, 1.165) is 23.0 Å². The van der Waals surface area contributed by atoms with Crippen molar-refractivity contribution in [3.8, 4) is 0 Å². The Balaban J connectivity index is 1.68. The molecule has 156 valence electrons. The summed E-state index contributed by atoms with van der Waals surface area (Å²) < 4.78 is 17.7. The van der Waals surface area contributed by atoms with Crippen LogP contribution < -0.4 is 5.32 Å². The van der Waals surface area contributed by atoms with Gasteiger partial charge in [0.1, 0.15) is 5.58 Å². The van der Waals surface area contributed by atoms with Crippen LogP contribution >= 0.6 is 0 Å². The lowest BCUT2D eigenvalue weighted by Crippen LogP contribution is -2.39. The van der Waals surface area contributed by atoms with Crippen molar-refractivity contribution in [2.24, 2.45) is 11.8 Å². The van der Waals surface area contributed by atoms with E-state index in [-0.39, 0.29) is 24.3 Å². The third-order valence-corrected chi connectivity index (χ3v) is 5.75. The molecule has 6 nitrogen and oxygen atoms in total. The number of nitrogens with one attached hydrogen (secondary N) is 1. The summed E-state index contributed by atoms with van der Waals surface area (Å²) in [6.07, 6.45) is 6.84. The second-order valence-electron chi connectivity index (χ2n) is 7.87. The van der Waals surface area contributed by atoms with Gasteiger partial charge in [0.25, 0.3) is 5.91 Å². The van der Waals surface area contributed by atoms with Gasteiger partial charge in [-0.15, -0.1) is 0 Å². The van der Waals surface area contributed by atoms with Crippen LogP contribution in [0.5, 0.6) is 0 Å². The maximum absolute atomic E-state index is 12.8. The van der Waals surface area contributed by atoms with E-state index in [2.05, 4.69) is 5.32 Å². The summed E-state index contributed by atoms with van der Waals surface area (Å²) >= 11 is 0. The molecule has 2 aliphatic rings. The van der Waals surface area contributed by atoms with E-state index in [4.69, 9.17) is 13.9 Å². The standard InChI is InChI=1S/C23H29NO5/c1-2-27-23-17(7-5-11-25)18(19-14-28-20-8-4-3-6-16(19)20)12-21(29-23)22(26)24-13-15-9-10-15/h3-4,6,8,12,14-15,17-18,23,25H,2,5,7,9-11,13H2,1H3,(H,24,26)/t17-,18+,23-/m1/s1. The average Bonchev–Trinajstić information content (AvgIpc) is 3.48. The number of furan rings is 1. The van der Waals surface area contributed by atoms with Gasteiger partial charge in [0, 0.05) is 42.5 Å². The van der Waals surface area contributed by atoms with Crippen LogP contribution in [0.2, 0.25) is 0 Å². The van der Waals surface area contributed by atoms with Crippen LogP contribution in [0.1, 0.15) is 44.1 Å². The fourth-order valence-corrected chi connectivity index (χ4v) is 4.02. The Bertz CT molecular complexity index is 869. The minimum Gasteiger partial charge on any atom is -0.464 e. The van der Waals surface area contributed by atoms with Gasteiger partial charge in [0.05, 0.1) is 6.26 Å². The number of ether oxygens (including phenoxy) is 2. The first-order chi connectivity index (χ1) is 14.2. The maximum Gasteiger partial charge on any atom is 0.286 e. The van der Waals surface area contributed by atoms with Crippen molar-refractivity contribution in [2.45, 2.75) is 44.8 Å². The summed E-state index contributed by atoms with van der Waals surface area (Å²) in [6, 6.07) is 7.89. The van der Waals surface area contributed by atoms with Crippen LogP contribution in [-0.2, 0) is 14.3 Å². The van der Waals surface area contributed by atoms with E-state index >= 15 is 0 Å². The lowest BCUT2D eigenvalue weighted by Gasteiger charge is -2.36. The van der Waals surface area contributed by atoms with Gasteiger partial charge >= 0.3 is 0 Å². The Morgan fingerprint density at radius 3 is 2.90 bits per heavy atom. The molecule has 1 aliphatic carbocycles. The number of benzene rings is 1. The van der Waals surface area contributed by atoms with Crippen LogP contribution in [0.15, 0.2) is 46.8 Å². The van der Waals surface area contributed by atoms with Gasteiger partial charge in [-0.05, 0) is 50.7 Å². The number of aliphatic hydroxyl groups is 1. The lowest BCUT2D eigenvalue weighted by molar-refractivity contribution is -0.166. The van der Waals surface area contributed by atoms with Gasteiger partial charge in [0.15, 0.2) is 5.76 Å². The third kappa shape index (κ3) is 4.49. The molecule has 0 saturated heterocycles. The minimum absolute atomic E-state index is 0.0249. The molecule has 0 bridgehead atoms. The van der Waals surface area contributed by atoms with Crippen molar-refractivity contribution in [3.05, 3.63) is 47.9 Å². The van der Waals surface area contributed by atoms with Crippen LogP contribution in [0.4, 0.5) is 0 Å². The van der Waals surface area contributed by atoms with Crippen molar-refractivity contribution in [2.75, 3.05) is 19.8 Å². The van der Waals surface area contributed by atoms with Crippen molar-refractivity contribution in [1.82, 2.24) is 5.32 Å². The molecule has 1 amide bonds. The molecule has 0 unspecified atom stereocenters. The Morgan fingerprint density at radius 1 is 1.31 bits per heavy atom. The molecule has 3 atom stereocenters. The average molecular weight is 399 g/mol. The summed E-state index contributed by atoms with van der Waals surface area (Å²) in [5.41, 5.74) is 1.83. The molecule has 4 rings (SSSR count). The Hall–Kier alpha value is -2.31. The monoisotopic (exact) mass is 399 g/mol. The third-order valence-electron chi connectivity index (χ3n) is 5.75. The minimum atomic E-state index is -0.545. The second kappa shape index (κ2) is 9.01. The highest BCUT2D eigenvalue weighted by Crippen LogP contribution is 2.42. The molecule has 0 radical (unpaired) electrons. The normalized spacial score (nSPS) is 24.2. The predicted molar refractivity (Wildman–Crippen MR) is 109 cm³/mol. The van der Waals surface area contributed by atoms with Gasteiger partial charge in [0.2, 0.25) is 6.29 Å². The number of fused-ring (bicyclic) bond motifs is 1. The fourth-order valence-electron chi connectivity index (χ4n) is 4.02. The van der Waals surface area contributed by atoms with E-state index in [9.17, 15) is 9.90 Å². The van der Waals surface area contributed by atoms with Crippen molar-refractivity contribution in [3.63, 3.8) is 0 Å². The van der Waals surface area contributed by atoms with Gasteiger partial charge in [-0.3, -0.25) is 4.79 Å². The zero-order valence-electron chi connectivity index (χ0n) is 16.8. The largest absolute Gasteiger partial charge is 0.464 e. The SMILES string of the molecule is CCO[C@@H]1OC(C(=O)NCC2CC2)=C[C@H](c2coc3ccccc23)[C@H]1CCCO. The number of amides is 1. The van der Waals surface area contributed by atoms with Gasteiger partial charge < -0.3 is 24.3 Å². The number of allylic oxidation sites excluding steroid dienone is 1. The first-order valence-corrected chi connectivity index (χ1v) is 10.6. The van der Waals surface area contributed by atoms with E-state index in [1.54, 1.807) is 6.26 Å². The summed E-state index contributed by atoms with van der Waals surface area (Å²) in [5, 5.41) is 13.4. The van der Waals surface area contributed by atoms with Crippen LogP contribution in [-0.4, -0.2) is 37.1 Å². The summed E-state index contributed by atoms with van der Waals surface area (Å²) in [5.74, 6) is 0.580. The maximum atomic E-state index is 12.8. The highest BCUT2D eigenvalue weighted by molar-refractivity contribution is 5.92. The van der Waals surface area contributed by atoms with Gasteiger partial charge in [-0.1, -0.05) is 18.2 Å². The number of rotatable bonds is 9. The molecule has 6 heteroatoms.